The first-order chi connectivity index (χ1) is 7.94. The quantitative estimate of drug-likeness (QED) is 0.728. The molecule has 6 heteroatoms. The summed E-state index contributed by atoms with van der Waals surface area (Å²) in [5.74, 6) is -0.696. The zero-order valence-corrected chi connectivity index (χ0v) is 10.3. The van der Waals surface area contributed by atoms with Crippen molar-refractivity contribution in [2.45, 2.75) is 19.8 Å². The number of carbonyl (C=O) groups is 1. The number of aromatic nitrogens is 1. The second-order valence-electron chi connectivity index (χ2n) is 3.62. The Bertz CT molecular complexity index is 482. The summed E-state index contributed by atoms with van der Waals surface area (Å²) >= 11 is 0. The van der Waals surface area contributed by atoms with Crippen LogP contribution in [-0.2, 0) is 9.84 Å². The minimum absolute atomic E-state index is 0.00354. The molecule has 1 rings (SSSR count). The van der Waals surface area contributed by atoms with Gasteiger partial charge >= 0.3 is 0 Å². The third-order valence-electron chi connectivity index (χ3n) is 2.31. The first-order valence-corrected chi connectivity index (χ1v) is 7.12. The van der Waals surface area contributed by atoms with E-state index in [0.717, 1.165) is 12.3 Å². The molecule has 0 aliphatic rings. The summed E-state index contributed by atoms with van der Waals surface area (Å²) in [6.45, 7) is 1.57. The fourth-order valence-corrected chi connectivity index (χ4v) is 2.14. The van der Waals surface area contributed by atoms with Crippen molar-refractivity contribution in [2.24, 2.45) is 0 Å². The third kappa shape index (κ3) is 4.60. The van der Waals surface area contributed by atoms with Gasteiger partial charge in [-0.2, -0.15) is 0 Å². The molecule has 0 saturated heterocycles. The van der Waals surface area contributed by atoms with Crippen LogP contribution in [0, 0.1) is 5.82 Å². The van der Waals surface area contributed by atoms with Gasteiger partial charge in [-0.15, -0.1) is 0 Å². The molecular weight excluding hydrogens is 245 g/mol. The van der Waals surface area contributed by atoms with E-state index in [1.807, 2.05) is 0 Å². The standard InChI is InChI=1S/C11H14FNO3S/c1-2-17(15,16)7-3-4-11(14)10-6-5-9(12)8-13-10/h5-6,8H,2-4,7H2,1H3. The van der Waals surface area contributed by atoms with E-state index in [1.54, 1.807) is 6.92 Å². The van der Waals surface area contributed by atoms with Crippen molar-refractivity contribution in [1.29, 1.82) is 0 Å². The molecule has 0 atom stereocenters. The predicted octanol–water partition coefficient (Wildman–Crippen LogP) is 1.62. The van der Waals surface area contributed by atoms with E-state index in [0.29, 0.717) is 0 Å². The Labute approximate surface area is 99.8 Å². The number of rotatable bonds is 6. The molecule has 0 saturated carbocycles. The van der Waals surface area contributed by atoms with Gasteiger partial charge in [0, 0.05) is 12.2 Å². The lowest BCUT2D eigenvalue weighted by Gasteiger charge is -2.01. The van der Waals surface area contributed by atoms with Crippen molar-refractivity contribution in [2.75, 3.05) is 11.5 Å². The lowest BCUT2D eigenvalue weighted by atomic mass is 10.1. The van der Waals surface area contributed by atoms with Gasteiger partial charge in [-0.3, -0.25) is 9.78 Å². The topological polar surface area (TPSA) is 64.1 Å². The highest BCUT2D eigenvalue weighted by molar-refractivity contribution is 7.91. The second-order valence-corrected chi connectivity index (χ2v) is 6.10. The van der Waals surface area contributed by atoms with Crippen LogP contribution in [0.15, 0.2) is 18.3 Å². The number of halogens is 1. The molecule has 0 radical (unpaired) electrons. The first kappa shape index (κ1) is 13.8. The van der Waals surface area contributed by atoms with E-state index in [2.05, 4.69) is 4.98 Å². The summed E-state index contributed by atoms with van der Waals surface area (Å²) in [6, 6.07) is 2.45. The van der Waals surface area contributed by atoms with E-state index in [1.165, 1.54) is 6.07 Å². The monoisotopic (exact) mass is 259 g/mol. The van der Waals surface area contributed by atoms with E-state index < -0.39 is 15.7 Å². The fourth-order valence-electron chi connectivity index (χ4n) is 1.27. The van der Waals surface area contributed by atoms with Gasteiger partial charge in [-0.05, 0) is 18.6 Å². The number of sulfone groups is 1. The highest BCUT2D eigenvalue weighted by Crippen LogP contribution is 2.05. The Balaban J connectivity index is 2.48. The molecule has 94 valence electrons. The van der Waals surface area contributed by atoms with Crippen LogP contribution in [0.1, 0.15) is 30.3 Å². The van der Waals surface area contributed by atoms with Gasteiger partial charge in [0.05, 0.1) is 11.9 Å². The van der Waals surface area contributed by atoms with Crippen LogP contribution in [-0.4, -0.2) is 30.7 Å². The molecule has 0 bridgehead atoms. The Kier molecular flexibility index (Phi) is 4.74. The molecular formula is C11H14FNO3S. The number of ketones is 1. The lowest BCUT2D eigenvalue weighted by Crippen LogP contribution is -2.11. The highest BCUT2D eigenvalue weighted by atomic mass is 32.2. The second kappa shape index (κ2) is 5.86. The SMILES string of the molecule is CCS(=O)(=O)CCCC(=O)c1ccc(F)cn1. The first-order valence-electron chi connectivity index (χ1n) is 5.30. The molecule has 0 fully saturated rings. The number of carbonyl (C=O) groups excluding carboxylic acids is 1. The molecule has 4 nitrogen and oxygen atoms in total. The van der Waals surface area contributed by atoms with Crippen LogP contribution < -0.4 is 0 Å². The summed E-state index contributed by atoms with van der Waals surface area (Å²) in [6.07, 6.45) is 1.35. The molecule has 0 N–H and O–H groups in total. The molecule has 0 aliphatic heterocycles. The molecule has 17 heavy (non-hydrogen) atoms. The smallest absolute Gasteiger partial charge is 0.181 e. The highest BCUT2D eigenvalue weighted by Gasteiger charge is 2.11. The van der Waals surface area contributed by atoms with Gasteiger partial charge in [0.15, 0.2) is 5.78 Å². The largest absolute Gasteiger partial charge is 0.292 e. The van der Waals surface area contributed by atoms with Gasteiger partial charge in [-0.25, -0.2) is 12.8 Å². The van der Waals surface area contributed by atoms with Crippen LogP contribution in [0.3, 0.4) is 0 Å². The Morgan fingerprint density at radius 3 is 2.65 bits per heavy atom. The van der Waals surface area contributed by atoms with Gasteiger partial charge in [0.25, 0.3) is 0 Å². The summed E-state index contributed by atoms with van der Waals surface area (Å²) in [5, 5.41) is 0. The Morgan fingerprint density at radius 1 is 1.41 bits per heavy atom. The maximum atomic E-state index is 12.6. The van der Waals surface area contributed by atoms with Gasteiger partial charge < -0.3 is 0 Å². The Hall–Kier alpha value is -1.30. The van der Waals surface area contributed by atoms with Crippen LogP contribution in [0.2, 0.25) is 0 Å². The molecule has 1 heterocycles. The maximum Gasteiger partial charge on any atom is 0.181 e. The number of hydrogen-bond donors (Lipinski definition) is 0. The molecule has 0 spiro atoms. The van der Waals surface area contributed by atoms with Crippen molar-refractivity contribution in [3.63, 3.8) is 0 Å². The van der Waals surface area contributed by atoms with Crippen LogP contribution in [0.25, 0.3) is 0 Å². The average Bonchev–Trinajstić information content (AvgIpc) is 2.29. The molecule has 0 amide bonds. The summed E-state index contributed by atoms with van der Waals surface area (Å²) < 4.78 is 34.9. The Morgan fingerprint density at radius 2 is 2.12 bits per heavy atom. The van der Waals surface area contributed by atoms with E-state index >= 15 is 0 Å². The van der Waals surface area contributed by atoms with Crippen LogP contribution in [0.4, 0.5) is 4.39 Å². The van der Waals surface area contributed by atoms with E-state index in [-0.39, 0.29) is 35.8 Å². The van der Waals surface area contributed by atoms with Crippen LogP contribution in [0.5, 0.6) is 0 Å². The van der Waals surface area contributed by atoms with Gasteiger partial charge in [0.2, 0.25) is 0 Å². The summed E-state index contributed by atoms with van der Waals surface area (Å²) in [4.78, 5) is 15.2. The molecule has 1 aromatic heterocycles. The molecule has 0 aliphatic carbocycles. The van der Waals surface area contributed by atoms with Crippen molar-refractivity contribution >= 4 is 15.6 Å². The molecule has 0 aromatic carbocycles. The number of Topliss-reactive ketones (excluding diaryl/α,β-unsaturated/α-hetero) is 1. The van der Waals surface area contributed by atoms with Crippen molar-refractivity contribution in [1.82, 2.24) is 4.98 Å². The van der Waals surface area contributed by atoms with E-state index in [4.69, 9.17) is 0 Å². The maximum absolute atomic E-state index is 12.6. The summed E-state index contributed by atoms with van der Waals surface area (Å²) in [7, 11) is -3.04. The fraction of sp³-hybridized carbons (Fsp3) is 0.455. The van der Waals surface area contributed by atoms with Crippen molar-refractivity contribution < 1.29 is 17.6 Å². The van der Waals surface area contributed by atoms with Crippen molar-refractivity contribution in [3.05, 3.63) is 29.8 Å². The summed E-state index contributed by atoms with van der Waals surface area (Å²) in [5.41, 5.74) is 0.167. The predicted molar refractivity (Wildman–Crippen MR) is 62.1 cm³/mol. The average molecular weight is 259 g/mol. The zero-order valence-electron chi connectivity index (χ0n) is 9.52. The molecule has 0 unspecified atom stereocenters. The minimum atomic E-state index is -3.04. The number of pyridine rings is 1. The van der Waals surface area contributed by atoms with Crippen molar-refractivity contribution in [3.8, 4) is 0 Å². The zero-order chi connectivity index (χ0) is 12.9. The van der Waals surface area contributed by atoms with Gasteiger partial charge in [0.1, 0.15) is 21.3 Å². The van der Waals surface area contributed by atoms with Crippen LogP contribution >= 0.6 is 0 Å². The van der Waals surface area contributed by atoms with Gasteiger partial charge in [-0.1, -0.05) is 6.92 Å². The number of nitrogens with zero attached hydrogens (tertiary/aromatic N) is 1. The number of hydrogen-bond acceptors (Lipinski definition) is 4. The lowest BCUT2D eigenvalue weighted by molar-refractivity contribution is 0.0977. The third-order valence-corrected chi connectivity index (χ3v) is 4.10. The van der Waals surface area contributed by atoms with E-state index in [9.17, 15) is 17.6 Å². The minimum Gasteiger partial charge on any atom is -0.292 e. The normalized spacial score (nSPS) is 11.4. The molecule has 1 aromatic rings.